The second-order valence-corrected chi connectivity index (χ2v) is 4.74. The highest BCUT2D eigenvalue weighted by Gasteiger charge is 2.33. The van der Waals surface area contributed by atoms with E-state index in [0.717, 1.165) is 25.1 Å². The molecule has 0 aromatic heterocycles. The number of rotatable bonds is 1. The Bertz CT molecular complexity index is 399. The highest BCUT2D eigenvalue weighted by molar-refractivity contribution is 6.00. The summed E-state index contributed by atoms with van der Waals surface area (Å²) >= 11 is 0. The van der Waals surface area contributed by atoms with Gasteiger partial charge < -0.3 is 11.1 Å². The highest BCUT2D eigenvalue weighted by atomic mass is 15.1. The quantitative estimate of drug-likeness (QED) is 0.741. The van der Waals surface area contributed by atoms with Crippen molar-refractivity contribution in [3.05, 3.63) is 35.9 Å². The summed E-state index contributed by atoms with van der Waals surface area (Å²) in [6.07, 6.45) is 3.27. The van der Waals surface area contributed by atoms with Crippen LogP contribution in [0.3, 0.4) is 0 Å². The van der Waals surface area contributed by atoms with Crippen molar-refractivity contribution in [2.75, 3.05) is 0 Å². The fraction of sp³-hybridized carbons (Fsp3) is 0.462. The number of benzene rings is 1. The molecular weight excluding hydrogens is 198 g/mol. The maximum Gasteiger partial charge on any atom is 0.128 e. The van der Waals surface area contributed by atoms with Crippen LogP contribution in [0, 0.1) is 0 Å². The van der Waals surface area contributed by atoms with Gasteiger partial charge in [0.15, 0.2) is 0 Å². The molecule has 1 fully saturated rings. The van der Waals surface area contributed by atoms with Crippen molar-refractivity contribution in [2.24, 2.45) is 10.7 Å². The average molecular weight is 215 g/mol. The Labute approximate surface area is 95.8 Å². The maximum absolute atomic E-state index is 5.98. The normalized spacial score (nSPS) is 32.8. The smallest absolute Gasteiger partial charge is 0.128 e. The SMILES string of the molecule is NC1CCC2N=C(c3ccccc3)NC2C1. The van der Waals surface area contributed by atoms with Gasteiger partial charge in [-0.1, -0.05) is 30.3 Å². The second-order valence-electron chi connectivity index (χ2n) is 4.74. The van der Waals surface area contributed by atoms with Crippen molar-refractivity contribution in [3.8, 4) is 0 Å². The Morgan fingerprint density at radius 1 is 1.19 bits per heavy atom. The molecule has 3 unspecified atom stereocenters. The molecule has 1 heterocycles. The molecule has 16 heavy (non-hydrogen) atoms. The summed E-state index contributed by atoms with van der Waals surface area (Å²) in [5, 5.41) is 3.51. The Hall–Kier alpha value is -1.35. The monoisotopic (exact) mass is 215 g/mol. The predicted octanol–water partition coefficient (Wildman–Crippen LogP) is 1.28. The fourth-order valence-electron chi connectivity index (χ4n) is 2.63. The van der Waals surface area contributed by atoms with Crippen LogP contribution in [0.5, 0.6) is 0 Å². The van der Waals surface area contributed by atoms with Gasteiger partial charge in [-0.2, -0.15) is 0 Å². The summed E-state index contributed by atoms with van der Waals surface area (Å²) < 4.78 is 0. The molecule has 3 N–H and O–H groups in total. The molecule has 3 nitrogen and oxygen atoms in total. The van der Waals surface area contributed by atoms with Crippen LogP contribution in [0.1, 0.15) is 24.8 Å². The molecule has 2 aliphatic rings. The zero-order valence-corrected chi connectivity index (χ0v) is 9.26. The van der Waals surface area contributed by atoms with Crippen LogP contribution in [-0.4, -0.2) is 24.0 Å². The molecule has 1 saturated carbocycles. The summed E-state index contributed by atoms with van der Waals surface area (Å²) in [6, 6.07) is 11.6. The number of nitrogens with zero attached hydrogens (tertiary/aromatic N) is 1. The van der Waals surface area contributed by atoms with E-state index in [1.54, 1.807) is 0 Å². The lowest BCUT2D eigenvalue weighted by atomic mass is 9.88. The standard InChI is InChI=1S/C13H17N3/c14-10-6-7-11-12(8-10)16-13(15-11)9-4-2-1-3-5-9/h1-5,10-12H,6-8,14H2,(H,15,16). The summed E-state index contributed by atoms with van der Waals surface area (Å²) in [7, 11) is 0. The first-order valence-corrected chi connectivity index (χ1v) is 5.98. The van der Waals surface area contributed by atoms with Crippen LogP contribution in [0.25, 0.3) is 0 Å². The van der Waals surface area contributed by atoms with Crippen molar-refractivity contribution in [1.82, 2.24) is 5.32 Å². The molecule has 0 spiro atoms. The van der Waals surface area contributed by atoms with E-state index >= 15 is 0 Å². The number of aliphatic imine (C=N–C) groups is 1. The molecule has 3 atom stereocenters. The van der Waals surface area contributed by atoms with Crippen LogP contribution in [0.15, 0.2) is 35.3 Å². The lowest BCUT2D eigenvalue weighted by molar-refractivity contribution is 0.347. The van der Waals surface area contributed by atoms with E-state index in [1.807, 2.05) is 18.2 Å². The zero-order chi connectivity index (χ0) is 11.0. The van der Waals surface area contributed by atoms with E-state index < -0.39 is 0 Å². The Morgan fingerprint density at radius 3 is 2.81 bits per heavy atom. The van der Waals surface area contributed by atoms with Crippen LogP contribution < -0.4 is 11.1 Å². The number of hydrogen-bond acceptors (Lipinski definition) is 3. The zero-order valence-electron chi connectivity index (χ0n) is 9.26. The molecule has 84 valence electrons. The first-order valence-electron chi connectivity index (χ1n) is 5.98. The van der Waals surface area contributed by atoms with Crippen LogP contribution in [-0.2, 0) is 0 Å². The Kier molecular flexibility index (Phi) is 2.40. The summed E-state index contributed by atoms with van der Waals surface area (Å²) in [6.45, 7) is 0. The minimum Gasteiger partial charge on any atom is -0.365 e. The Balaban J connectivity index is 1.80. The summed E-state index contributed by atoms with van der Waals surface area (Å²) in [5.74, 6) is 1.05. The van der Waals surface area contributed by atoms with Gasteiger partial charge in [0.25, 0.3) is 0 Å². The van der Waals surface area contributed by atoms with Gasteiger partial charge >= 0.3 is 0 Å². The molecule has 1 aromatic rings. The lowest BCUT2D eigenvalue weighted by Crippen LogP contribution is -2.44. The molecule has 1 aliphatic heterocycles. The van der Waals surface area contributed by atoms with Gasteiger partial charge in [-0.05, 0) is 19.3 Å². The molecular formula is C13H17N3. The van der Waals surface area contributed by atoms with Gasteiger partial charge in [-0.3, -0.25) is 4.99 Å². The van der Waals surface area contributed by atoms with Crippen molar-refractivity contribution in [3.63, 3.8) is 0 Å². The number of amidine groups is 1. The maximum atomic E-state index is 5.98. The van der Waals surface area contributed by atoms with Gasteiger partial charge in [0.05, 0.1) is 12.1 Å². The van der Waals surface area contributed by atoms with Crippen LogP contribution in [0.4, 0.5) is 0 Å². The first-order chi connectivity index (χ1) is 7.83. The number of nitrogens with one attached hydrogen (secondary N) is 1. The first kappa shape index (κ1) is 9.85. The van der Waals surface area contributed by atoms with Crippen LogP contribution >= 0.6 is 0 Å². The molecule has 0 saturated heterocycles. The van der Waals surface area contributed by atoms with Crippen molar-refractivity contribution >= 4 is 5.84 Å². The van der Waals surface area contributed by atoms with E-state index in [4.69, 9.17) is 10.7 Å². The van der Waals surface area contributed by atoms with Crippen molar-refractivity contribution in [2.45, 2.75) is 37.4 Å². The third-order valence-corrected chi connectivity index (χ3v) is 3.52. The Morgan fingerprint density at radius 2 is 2.00 bits per heavy atom. The molecule has 0 radical (unpaired) electrons. The van der Waals surface area contributed by atoms with Crippen molar-refractivity contribution in [1.29, 1.82) is 0 Å². The van der Waals surface area contributed by atoms with E-state index in [9.17, 15) is 0 Å². The third-order valence-electron chi connectivity index (χ3n) is 3.52. The molecule has 0 bridgehead atoms. The van der Waals surface area contributed by atoms with Gasteiger partial charge in [-0.15, -0.1) is 0 Å². The van der Waals surface area contributed by atoms with E-state index in [1.165, 1.54) is 5.56 Å². The fourth-order valence-corrected chi connectivity index (χ4v) is 2.63. The third kappa shape index (κ3) is 1.71. The van der Waals surface area contributed by atoms with E-state index in [-0.39, 0.29) is 0 Å². The predicted molar refractivity (Wildman–Crippen MR) is 65.5 cm³/mol. The molecule has 3 heteroatoms. The van der Waals surface area contributed by atoms with Gasteiger partial charge in [0.2, 0.25) is 0 Å². The largest absolute Gasteiger partial charge is 0.365 e. The topological polar surface area (TPSA) is 50.4 Å². The minimum absolute atomic E-state index is 0.346. The van der Waals surface area contributed by atoms with Gasteiger partial charge in [-0.25, -0.2) is 0 Å². The molecule has 3 rings (SSSR count). The lowest BCUT2D eigenvalue weighted by Gasteiger charge is -2.28. The number of fused-ring (bicyclic) bond motifs is 1. The van der Waals surface area contributed by atoms with Gasteiger partial charge in [0.1, 0.15) is 5.84 Å². The van der Waals surface area contributed by atoms with Gasteiger partial charge in [0, 0.05) is 11.6 Å². The summed E-state index contributed by atoms with van der Waals surface area (Å²) in [5.41, 5.74) is 7.17. The summed E-state index contributed by atoms with van der Waals surface area (Å²) in [4.78, 5) is 4.76. The molecule has 1 aromatic carbocycles. The minimum atomic E-state index is 0.346. The molecule has 0 amide bonds. The second kappa shape index (κ2) is 3.91. The van der Waals surface area contributed by atoms with E-state index in [2.05, 4.69) is 17.4 Å². The average Bonchev–Trinajstić information content (AvgIpc) is 2.73. The van der Waals surface area contributed by atoms with E-state index in [0.29, 0.717) is 18.1 Å². The van der Waals surface area contributed by atoms with Crippen molar-refractivity contribution < 1.29 is 0 Å². The highest BCUT2D eigenvalue weighted by Crippen LogP contribution is 2.25. The number of nitrogens with two attached hydrogens (primary N) is 1. The number of hydrogen-bond donors (Lipinski definition) is 2. The molecule has 1 aliphatic carbocycles. The van der Waals surface area contributed by atoms with Crippen LogP contribution in [0.2, 0.25) is 0 Å².